The zero-order valence-corrected chi connectivity index (χ0v) is 6.02. The van der Waals surface area contributed by atoms with Gasteiger partial charge >= 0.3 is 5.97 Å². The van der Waals surface area contributed by atoms with Crippen LogP contribution >= 0.6 is 0 Å². The van der Waals surface area contributed by atoms with Gasteiger partial charge in [-0.3, -0.25) is 4.79 Å². The zero-order chi connectivity index (χ0) is 7.28. The maximum Gasteiger partial charge on any atom is 0.311 e. The third-order valence-corrected chi connectivity index (χ3v) is 1.26. The van der Waals surface area contributed by atoms with Crippen molar-refractivity contribution in [3.8, 4) is 0 Å². The van der Waals surface area contributed by atoms with Crippen molar-refractivity contribution in [2.24, 2.45) is 0 Å². The fourth-order valence-electron chi connectivity index (χ4n) is 0.463. The molecule has 0 rings (SSSR count). The van der Waals surface area contributed by atoms with E-state index in [1.165, 1.54) is 7.11 Å². The minimum atomic E-state index is -0.170. The lowest BCUT2D eigenvalue weighted by molar-refractivity contribution is -0.419. The molecule has 3 N–H and O–H groups in total. The smallest absolute Gasteiger partial charge is 0.311 e. The second-order valence-corrected chi connectivity index (χ2v) is 2.05. The summed E-state index contributed by atoms with van der Waals surface area (Å²) in [6, 6.07) is 0.206. The third kappa shape index (κ3) is 3.97. The normalized spacial score (nSPS) is 12.8. The largest absolute Gasteiger partial charge is 0.469 e. The topological polar surface area (TPSA) is 53.9 Å². The Balaban J connectivity index is 3.34. The Labute approximate surface area is 55.2 Å². The fraction of sp³-hybridized carbons (Fsp3) is 0.833. The molecule has 0 aromatic rings. The first-order valence-corrected chi connectivity index (χ1v) is 3.10. The summed E-state index contributed by atoms with van der Waals surface area (Å²) in [6.07, 6.45) is 1.36. The number of esters is 1. The van der Waals surface area contributed by atoms with Crippen molar-refractivity contribution >= 4 is 5.97 Å². The predicted molar refractivity (Wildman–Crippen MR) is 33.6 cm³/mol. The Morgan fingerprint density at radius 2 is 2.33 bits per heavy atom. The molecule has 0 saturated heterocycles. The minimum absolute atomic E-state index is 0.170. The van der Waals surface area contributed by atoms with Crippen LogP contribution in [0.5, 0.6) is 0 Å². The highest BCUT2D eigenvalue weighted by Gasteiger charge is 2.08. The average molecular weight is 132 g/mol. The predicted octanol–water partition coefficient (Wildman–Crippen LogP) is -0.430. The van der Waals surface area contributed by atoms with E-state index in [9.17, 15) is 4.79 Å². The summed E-state index contributed by atoms with van der Waals surface area (Å²) in [6.45, 7) is 2.00. The molecule has 1 unspecified atom stereocenters. The van der Waals surface area contributed by atoms with Crippen molar-refractivity contribution in [3.63, 3.8) is 0 Å². The molecule has 0 saturated carbocycles. The first-order chi connectivity index (χ1) is 4.20. The SMILES string of the molecule is CCC([NH3+])CC(=O)OC. The van der Waals surface area contributed by atoms with E-state index in [0.717, 1.165) is 6.42 Å². The van der Waals surface area contributed by atoms with Crippen LogP contribution in [0.1, 0.15) is 19.8 Å². The number of rotatable bonds is 3. The van der Waals surface area contributed by atoms with Gasteiger partial charge in [0.1, 0.15) is 0 Å². The lowest BCUT2D eigenvalue weighted by Crippen LogP contribution is -2.61. The molecule has 0 aliphatic carbocycles. The highest BCUT2D eigenvalue weighted by atomic mass is 16.5. The van der Waals surface area contributed by atoms with Gasteiger partial charge in [-0.05, 0) is 6.42 Å². The molecule has 0 amide bonds. The number of carbonyl (C=O) groups is 1. The van der Waals surface area contributed by atoms with E-state index in [1.54, 1.807) is 0 Å². The lowest BCUT2D eigenvalue weighted by atomic mass is 10.2. The number of ether oxygens (including phenoxy) is 1. The van der Waals surface area contributed by atoms with E-state index in [1.807, 2.05) is 6.92 Å². The van der Waals surface area contributed by atoms with Gasteiger partial charge < -0.3 is 10.5 Å². The van der Waals surface area contributed by atoms with Crippen molar-refractivity contribution in [1.82, 2.24) is 0 Å². The maximum absolute atomic E-state index is 10.5. The van der Waals surface area contributed by atoms with Gasteiger partial charge in [0, 0.05) is 0 Å². The monoisotopic (exact) mass is 132 g/mol. The van der Waals surface area contributed by atoms with Crippen LogP contribution in [0.3, 0.4) is 0 Å². The van der Waals surface area contributed by atoms with Gasteiger partial charge in [-0.25, -0.2) is 0 Å². The first-order valence-electron chi connectivity index (χ1n) is 3.10. The van der Waals surface area contributed by atoms with E-state index in [-0.39, 0.29) is 12.0 Å². The van der Waals surface area contributed by atoms with Crippen LogP contribution in [0.15, 0.2) is 0 Å². The Kier molecular flexibility index (Phi) is 4.05. The quantitative estimate of drug-likeness (QED) is 0.530. The molecule has 0 aromatic carbocycles. The van der Waals surface area contributed by atoms with Crippen LogP contribution in [0.25, 0.3) is 0 Å². The average Bonchev–Trinajstić information content (AvgIpc) is 1.87. The van der Waals surface area contributed by atoms with Crippen molar-refractivity contribution in [3.05, 3.63) is 0 Å². The summed E-state index contributed by atoms with van der Waals surface area (Å²) in [5, 5.41) is 0. The highest BCUT2D eigenvalue weighted by molar-refractivity contribution is 5.69. The van der Waals surface area contributed by atoms with Crippen molar-refractivity contribution in [2.45, 2.75) is 25.8 Å². The Bertz CT molecular complexity index is 93.1. The number of quaternary nitrogens is 1. The summed E-state index contributed by atoms with van der Waals surface area (Å²) in [5.41, 5.74) is 3.74. The molecule has 1 atom stereocenters. The molecule has 0 fully saturated rings. The Hall–Kier alpha value is -0.570. The zero-order valence-electron chi connectivity index (χ0n) is 6.02. The molecule has 0 aliphatic rings. The molecule has 0 spiro atoms. The first kappa shape index (κ1) is 8.43. The van der Waals surface area contributed by atoms with Gasteiger partial charge in [0.25, 0.3) is 0 Å². The molecular weight excluding hydrogens is 118 g/mol. The van der Waals surface area contributed by atoms with Crippen molar-refractivity contribution in [2.75, 3.05) is 7.11 Å². The fourth-order valence-corrected chi connectivity index (χ4v) is 0.463. The summed E-state index contributed by atoms with van der Waals surface area (Å²) in [4.78, 5) is 10.5. The maximum atomic E-state index is 10.5. The van der Waals surface area contributed by atoms with Crippen LogP contribution in [0.4, 0.5) is 0 Å². The van der Waals surface area contributed by atoms with Gasteiger partial charge in [0.05, 0.1) is 19.6 Å². The summed E-state index contributed by atoms with van der Waals surface area (Å²) >= 11 is 0. The minimum Gasteiger partial charge on any atom is -0.469 e. The number of hydrogen-bond acceptors (Lipinski definition) is 2. The molecule has 0 aromatic heterocycles. The van der Waals surface area contributed by atoms with Crippen LogP contribution in [-0.4, -0.2) is 19.1 Å². The second kappa shape index (κ2) is 4.32. The summed E-state index contributed by atoms with van der Waals surface area (Å²) in [5.74, 6) is -0.170. The van der Waals surface area contributed by atoms with E-state index in [4.69, 9.17) is 0 Å². The van der Waals surface area contributed by atoms with Gasteiger partial charge in [-0.1, -0.05) is 6.92 Å². The third-order valence-electron chi connectivity index (χ3n) is 1.26. The van der Waals surface area contributed by atoms with Gasteiger partial charge in [-0.15, -0.1) is 0 Å². The van der Waals surface area contributed by atoms with Crippen LogP contribution in [0.2, 0.25) is 0 Å². The molecule has 0 heterocycles. The van der Waals surface area contributed by atoms with Crippen LogP contribution < -0.4 is 5.73 Å². The van der Waals surface area contributed by atoms with Crippen molar-refractivity contribution < 1.29 is 15.3 Å². The van der Waals surface area contributed by atoms with E-state index >= 15 is 0 Å². The standard InChI is InChI=1S/C6H13NO2/c1-3-5(7)4-6(8)9-2/h5H,3-4,7H2,1-2H3/p+1. The van der Waals surface area contributed by atoms with Gasteiger partial charge in [0.2, 0.25) is 0 Å². The molecule has 3 nitrogen and oxygen atoms in total. The Morgan fingerprint density at radius 3 is 2.67 bits per heavy atom. The summed E-state index contributed by atoms with van der Waals surface area (Å²) in [7, 11) is 1.39. The lowest BCUT2D eigenvalue weighted by Gasteiger charge is -2.01. The molecule has 0 aliphatic heterocycles. The molecule has 0 radical (unpaired) electrons. The van der Waals surface area contributed by atoms with Gasteiger partial charge in [0.15, 0.2) is 0 Å². The molecule has 3 heteroatoms. The molecular formula is C6H14NO2+. The molecule has 54 valence electrons. The molecule has 0 bridgehead atoms. The van der Waals surface area contributed by atoms with Crippen LogP contribution in [-0.2, 0) is 9.53 Å². The number of methoxy groups -OCH3 is 1. The second-order valence-electron chi connectivity index (χ2n) is 2.05. The summed E-state index contributed by atoms with van der Waals surface area (Å²) < 4.78 is 4.44. The van der Waals surface area contributed by atoms with E-state index in [2.05, 4.69) is 10.5 Å². The highest BCUT2D eigenvalue weighted by Crippen LogP contribution is 1.91. The van der Waals surface area contributed by atoms with E-state index < -0.39 is 0 Å². The van der Waals surface area contributed by atoms with Crippen molar-refractivity contribution in [1.29, 1.82) is 0 Å². The Morgan fingerprint density at radius 1 is 1.78 bits per heavy atom. The number of carbonyl (C=O) groups excluding carboxylic acids is 1. The molecule has 9 heavy (non-hydrogen) atoms. The van der Waals surface area contributed by atoms with E-state index in [0.29, 0.717) is 6.42 Å². The number of hydrogen-bond donors (Lipinski definition) is 1. The van der Waals surface area contributed by atoms with Gasteiger partial charge in [-0.2, -0.15) is 0 Å². The van der Waals surface area contributed by atoms with Crippen LogP contribution in [0, 0.1) is 0 Å².